The molecule has 0 unspecified atom stereocenters. The van der Waals surface area contributed by atoms with Crippen LogP contribution in [0.5, 0.6) is 0 Å². The SMILES string of the molecule is CCCCCCOC(=O)c1ccccc1N/C=C(\C#N)c1nc(-c2cc3ccccc3oc2=O)cs1. The molecule has 0 amide bonds. The molecule has 2 aromatic heterocycles. The molecule has 0 bridgehead atoms. The number of carbonyl (C=O) groups is 1. The molecule has 36 heavy (non-hydrogen) atoms. The predicted octanol–water partition coefficient (Wildman–Crippen LogP) is 6.63. The van der Waals surface area contributed by atoms with Crippen molar-refractivity contribution in [1.29, 1.82) is 5.26 Å². The van der Waals surface area contributed by atoms with Gasteiger partial charge in [-0.1, -0.05) is 56.5 Å². The van der Waals surface area contributed by atoms with Crippen LogP contribution in [0.15, 0.2) is 75.4 Å². The highest BCUT2D eigenvalue weighted by Gasteiger charge is 2.15. The molecule has 0 radical (unpaired) electrons. The van der Waals surface area contributed by atoms with Crippen LogP contribution in [0.1, 0.15) is 48.0 Å². The fourth-order valence-electron chi connectivity index (χ4n) is 3.61. The third-order valence-corrected chi connectivity index (χ3v) is 6.40. The number of para-hydroxylation sites is 2. The zero-order valence-electron chi connectivity index (χ0n) is 19.8. The molecule has 7 nitrogen and oxygen atoms in total. The number of nitrogens with zero attached hydrogens (tertiary/aromatic N) is 2. The van der Waals surface area contributed by atoms with Gasteiger partial charge < -0.3 is 14.5 Å². The Morgan fingerprint density at radius 3 is 2.81 bits per heavy atom. The summed E-state index contributed by atoms with van der Waals surface area (Å²) in [7, 11) is 0. The van der Waals surface area contributed by atoms with E-state index in [0.29, 0.717) is 39.7 Å². The van der Waals surface area contributed by atoms with E-state index in [1.165, 1.54) is 17.5 Å². The van der Waals surface area contributed by atoms with Crippen LogP contribution in [0.25, 0.3) is 27.8 Å². The summed E-state index contributed by atoms with van der Waals surface area (Å²) in [6.45, 7) is 2.50. The average Bonchev–Trinajstić information content (AvgIpc) is 3.38. The minimum absolute atomic E-state index is 0.263. The molecule has 8 heteroatoms. The van der Waals surface area contributed by atoms with Crippen LogP contribution < -0.4 is 10.9 Å². The predicted molar refractivity (Wildman–Crippen MR) is 142 cm³/mol. The molecule has 0 aliphatic rings. The number of carbonyl (C=O) groups excluding carboxylic acids is 1. The second-order valence-electron chi connectivity index (χ2n) is 8.08. The third-order valence-electron chi connectivity index (χ3n) is 5.52. The van der Waals surface area contributed by atoms with Gasteiger partial charge in [-0.2, -0.15) is 5.26 Å². The molecule has 4 aromatic rings. The second kappa shape index (κ2) is 12.0. The summed E-state index contributed by atoms with van der Waals surface area (Å²) in [6.07, 6.45) is 5.58. The lowest BCUT2D eigenvalue weighted by Crippen LogP contribution is -2.09. The number of hydrogen-bond donors (Lipinski definition) is 1. The van der Waals surface area contributed by atoms with Gasteiger partial charge in [-0.3, -0.25) is 0 Å². The summed E-state index contributed by atoms with van der Waals surface area (Å²) in [6, 6.07) is 18.1. The van der Waals surface area contributed by atoms with Crippen molar-refractivity contribution in [1.82, 2.24) is 4.98 Å². The number of nitrogens with one attached hydrogen (secondary N) is 1. The largest absolute Gasteiger partial charge is 0.462 e. The molecule has 0 aliphatic carbocycles. The zero-order valence-corrected chi connectivity index (χ0v) is 20.6. The Balaban J connectivity index is 1.51. The highest BCUT2D eigenvalue weighted by Crippen LogP contribution is 2.27. The molecule has 4 rings (SSSR count). The highest BCUT2D eigenvalue weighted by molar-refractivity contribution is 7.11. The van der Waals surface area contributed by atoms with Crippen LogP contribution in [0.2, 0.25) is 0 Å². The first-order chi connectivity index (χ1) is 17.6. The van der Waals surface area contributed by atoms with Crippen LogP contribution in [0, 0.1) is 11.3 Å². The van der Waals surface area contributed by atoms with Crippen LogP contribution in [-0.4, -0.2) is 17.6 Å². The summed E-state index contributed by atoms with van der Waals surface area (Å²) < 4.78 is 10.8. The van der Waals surface area contributed by atoms with Crippen molar-refractivity contribution in [3.05, 3.63) is 87.2 Å². The number of benzene rings is 2. The van der Waals surface area contributed by atoms with Gasteiger partial charge in [-0.25, -0.2) is 14.6 Å². The summed E-state index contributed by atoms with van der Waals surface area (Å²) in [5.74, 6) is -0.416. The lowest BCUT2D eigenvalue weighted by molar-refractivity contribution is 0.0499. The minimum Gasteiger partial charge on any atom is -0.462 e. The quantitative estimate of drug-likeness (QED) is 0.113. The van der Waals surface area contributed by atoms with E-state index in [1.807, 2.05) is 12.1 Å². The molecule has 0 saturated carbocycles. The summed E-state index contributed by atoms with van der Waals surface area (Å²) in [4.78, 5) is 29.5. The number of ether oxygens (including phenoxy) is 1. The van der Waals surface area contributed by atoms with Gasteiger partial charge in [0.25, 0.3) is 0 Å². The smallest absolute Gasteiger partial charge is 0.345 e. The Kier molecular flexibility index (Phi) is 8.27. The van der Waals surface area contributed by atoms with Crippen molar-refractivity contribution in [2.45, 2.75) is 32.6 Å². The molecule has 182 valence electrons. The third kappa shape index (κ3) is 5.88. The van der Waals surface area contributed by atoms with E-state index in [4.69, 9.17) is 9.15 Å². The summed E-state index contributed by atoms with van der Waals surface area (Å²) >= 11 is 1.24. The Morgan fingerprint density at radius 2 is 1.97 bits per heavy atom. The Hall–Kier alpha value is -4.22. The number of unbranched alkanes of at least 4 members (excludes halogenated alkanes) is 3. The van der Waals surface area contributed by atoms with Gasteiger partial charge in [0, 0.05) is 17.0 Å². The number of fused-ring (bicyclic) bond motifs is 1. The van der Waals surface area contributed by atoms with E-state index in [-0.39, 0.29) is 5.57 Å². The first-order valence-corrected chi connectivity index (χ1v) is 12.6. The van der Waals surface area contributed by atoms with Gasteiger partial charge in [-0.05, 0) is 30.7 Å². The van der Waals surface area contributed by atoms with Crippen molar-refractivity contribution in [3.8, 4) is 17.3 Å². The number of allylic oxidation sites excluding steroid dienone is 1. The van der Waals surface area contributed by atoms with E-state index in [9.17, 15) is 14.9 Å². The number of esters is 1. The van der Waals surface area contributed by atoms with Gasteiger partial charge in [0.1, 0.15) is 22.2 Å². The standard InChI is InChI=1S/C28H25N3O4S/c1-2-3-4-9-14-34-27(32)21-11-6-7-12-23(21)30-17-20(16-29)26-31-24(18-36-26)22-15-19-10-5-8-13-25(19)35-28(22)33/h5-8,10-13,15,17-18,30H,2-4,9,14H2,1H3/b20-17+. The molecule has 0 saturated heterocycles. The molecular weight excluding hydrogens is 474 g/mol. The molecule has 1 N–H and O–H groups in total. The van der Waals surface area contributed by atoms with Crippen LogP contribution in [0.4, 0.5) is 5.69 Å². The molecule has 0 atom stereocenters. The van der Waals surface area contributed by atoms with Crippen molar-refractivity contribution >= 4 is 39.5 Å². The number of anilines is 1. The minimum atomic E-state index is -0.492. The first-order valence-electron chi connectivity index (χ1n) is 11.7. The number of thiazole rings is 1. The lowest BCUT2D eigenvalue weighted by atomic mass is 10.1. The Morgan fingerprint density at radius 1 is 1.17 bits per heavy atom. The number of hydrogen-bond acceptors (Lipinski definition) is 8. The van der Waals surface area contributed by atoms with E-state index in [2.05, 4.69) is 23.3 Å². The van der Waals surface area contributed by atoms with Gasteiger partial charge in [0.15, 0.2) is 0 Å². The van der Waals surface area contributed by atoms with E-state index in [1.54, 1.807) is 47.8 Å². The fourth-order valence-corrected chi connectivity index (χ4v) is 4.40. The number of aromatic nitrogens is 1. The fraction of sp³-hybridized carbons (Fsp3) is 0.214. The van der Waals surface area contributed by atoms with Crippen LogP contribution in [0.3, 0.4) is 0 Å². The van der Waals surface area contributed by atoms with Gasteiger partial charge >= 0.3 is 11.6 Å². The van der Waals surface area contributed by atoms with Crippen molar-refractivity contribution in [2.75, 3.05) is 11.9 Å². The van der Waals surface area contributed by atoms with E-state index in [0.717, 1.165) is 31.1 Å². The molecular formula is C28H25N3O4S. The maximum Gasteiger partial charge on any atom is 0.345 e. The Labute approximate surface area is 212 Å². The zero-order chi connectivity index (χ0) is 25.3. The van der Waals surface area contributed by atoms with Gasteiger partial charge in [0.2, 0.25) is 0 Å². The summed E-state index contributed by atoms with van der Waals surface area (Å²) in [5.41, 5.74) is 1.94. The average molecular weight is 500 g/mol. The summed E-state index contributed by atoms with van der Waals surface area (Å²) in [5, 5.41) is 15.7. The Bertz CT molecular complexity index is 1500. The van der Waals surface area contributed by atoms with Crippen molar-refractivity contribution in [3.63, 3.8) is 0 Å². The molecule has 2 heterocycles. The van der Waals surface area contributed by atoms with E-state index < -0.39 is 11.6 Å². The first kappa shape index (κ1) is 24.9. The number of rotatable bonds is 10. The normalized spacial score (nSPS) is 11.3. The molecule has 0 spiro atoms. The van der Waals surface area contributed by atoms with Crippen LogP contribution >= 0.6 is 11.3 Å². The van der Waals surface area contributed by atoms with E-state index >= 15 is 0 Å². The molecule has 0 fully saturated rings. The van der Waals surface area contributed by atoms with Crippen LogP contribution in [-0.2, 0) is 4.74 Å². The van der Waals surface area contributed by atoms with Gasteiger partial charge in [-0.15, -0.1) is 11.3 Å². The molecule has 2 aromatic carbocycles. The van der Waals surface area contributed by atoms with Gasteiger partial charge in [0.05, 0.1) is 29.1 Å². The lowest BCUT2D eigenvalue weighted by Gasteiger charge is -2.09. The highest BCUT2D eigenvalue weighted by atomic mass is 32.1. The molecule has 0 aliphatic heterocycles. The monoisotopic (exact) mass is 499 g/mol. The van der Waals surface area contributed by atoms with Crippen molar-refractivity contribution in [2.24, 2.45) is 0 Å². The van der Waals surface area contributed by atoms with Crippen molar-refractivity contribution < 1.29 is 13.9 Å². The second-order valence-corrected chi connectivity index (χ2v) is 8.94. The maximum absolute atomic E-state index is 12.6. The number of nitriles is 1. The topological polar surface area (TPSA) is 105 Å². The maximum atomic E-state index is 12.6.